The van der Waals surface area contributed by atoms with E-state index in [4.69, 9.17) is 5.11 Å². The molecule has 0 atom stereocenters. The van der Waals surface area contributed by atoms with Gasteiger partial charge >= 0.3 is 5.97 Å². The minimum atomic E-state index is -0.961. The topological polar surface area (TPSA) is 85.8 Å². The number of carboxylic acids is 1. The summed E-state index contributed by atoms with van der Waals surface area (Å²) in [6, 6.07) is 0. The first-order chi connectivity index (χ1) is 3.63. The van der Waals surface area contributed by atoms with Crippen molar-refractivity contribution in [3.8, 4) is 0 Å². The fraction of sp³-hybridized carbons (Fsp3) is 0.333. The molecule has 0 rings (SSSR count). The van der Waals surface area contributed by atoms with E-state index < -0.39 is 5.97 Å². The van der Waals surface area contributed by atoms with Gasteiger partial charge in [0.05, 0.1) is 0 Å². The lowest BCUT2D eigenvalue weighted by atomic mass is 10.7. The molecule has 0 aliphatic carbocycles. The molecule has 54 valence electrons. The largest absolute Gasteiger partial charge is 0.480 e. The molecule has 4 nitrogen and oxygen atoms in total. The molecular formula is C3H8N2O2S2. The van der Waals surface area contributed by atoms with E-state index in [0.717, 1.165) is 0 Å². The highest BCUT2D eigenvalue weighted by molar-refractivity contribution is 8.00. The van der Waals surface area contributed by atoms with Gasteiger partial charge in [-0.1, -0.05) is 4.32 Å². The summed E-state index contributed by atoms with van der Waals surface area (Å²) >= 11 is 8.71. The number of carboxylic acid groups (broad SMARTS) is 1. The van der Waals surface area contributed by atoms with E-state index in [0.29, 0.717) is 0 Å². The van der Waals surface area contributed by atoms with Crippen molar-refractivity contribution in [2.75, 3.05) is 6.54 Å². The quantitative estimate of drug-likeness (QED) is 0.395. The van der Waals surface area contributed by atoms with Gasteiger partial charge in [-0.25, -0.2) is 0 Å². The number of thiocarbonyl (C=S) groups is 1. The molecule has 0 radical (unpaired) electrons. The number of quaternary nitrogens is 1. The van der Waals surface area contributed by atoms with Gasteiger partial charge in [-0.3, -0.25) is 4.79 Å². The summed E-state index contributed by atoms with van der Waals surface area (Å²) in [5.41, 5.74) is 0. The first-order valence-corrected chi connectivity index (χ1v) is 2.61. The normalized spacial score (nSPS) is 7.11. The number of nitrogens with one attached hydrogen (secondary N) is 1. The molecule has 0 aromatic rings. The van der Waals surface area contributed by atoms with Crippen LogP contribution in [-0.4, -0.2) is 21.9 Å². The summed E-state index contributed by atoms with van der Waals surface area (Å²) in [7, 11) is 0. The molecule has 0 aromatic carbocycles. The first-order valence-electron chi connectivity index (χ1n) is 1.79. The third kappa shape index (κ3) is 11.2. The van der Waals surface area contributed by atoms with Crippen molar-refractivity contribution >= 4 is 35.1 Å². The Morgan fingerprint density at radius 3 is 2.33 bits per heavy atom. The Morgan fingerprint density at radius 2 is 2.22 bits per heavy atom. The number of carbonyl (C=O) groups is 1. The lowest BCUT2D eigenvalue weighted by Crippen LogP contribution is -2.25. The van der Waals surface area contributed by atoms with Crippen LogP contribution < -0.4 is 11.5 Å². The van der Waals surface area contributed by atoms with E-state index in [9.17, 15) is 4.79 Å². The molecule has 6 heteroatoms. The minimum absolute atomic E-state index is 0. The molecule has 0 saturated carbocycles. The second kappa shape index (κ2) is 5.67. The van der Waals surface area contributed by atoms with Crippen molar-refractivity contribution in [1.82, 2.24) is 11.5 Å². The number of hydrogen-bond acceptors (Lipinski definition) is 3. The Bertz CT molecular complexity index is 102. The van der Waals surface area contributed by atoms with Gasteiger partial charge in [0.2, 0.25) is 0 Å². The van der Waals surface area contributed by atoms with Crippen LogP contribution in [-0.2, 0) is 17.4 Å². The molecular weight excluding hydrogens is 160 g/mol. The molecule has 0 heterocycles. The lowest BCUT2D eigenvalue weighted by molar-refractivity contribution is -0.135. The van der Waals surface area contributed by atoms with Crippen LogP contribution in [0.2, 0.25) is 0 Å². The van der Waals surface area contributed by atoms with E-state index in [1.165, 1.54) is 0 Å². The number of hydrogen-bond donors (Lipinski definition) is 3. The van der Waals surface area contributed by atoms with Crippen LogP contribution in [0.4, 0.5) is 0 Å². The second-order valence-corrected chi connectivity index (χ2v) is 2.11. The zero-order chi connectivity index (χ0) is 6.57. The highest BCUT2D eigenvalue weighted by Crippen LogP contribution is 1.64. The average molecular weight is 168 g/mol. The predicted molar refractivity (Wildman–Crippen MR) is 41.6 cm³/mol. The molecule has 9 heavy (non-hydrogen) atoms. The van der Waals surface area contributed by atoms with Gasteiger partial charge < -0.3 is 41.4 Å². The van der Waals surface area contributed by atoms with Crippen LogP contribution in [0.5, 0.6) is 0 Å². The van der Waals surface area contributed by atoms with Crippen molar-refractivity contribution in [2.45, 2.75) is 0 Å². The van der Waals surface area contributed by atoms with Crippen molar-refractivity contribution in [1.29, 1.82) is 0 Å². The highest BCUT2D eigenvalue weighted by Gasteiger charge is 1.89. The summed E-state index contributed by atoms with van der Waals surface area (Å²) < 4.78 is 0.0902. The Balaban J connectivity index is 0. The fourth-order valence-corrected chi connectivity index (χ4v) is 0.292. The minimum Gasteiger partial charge on any atom is -0.480 e. The summed E-state index contributed by atoms with van der Waals surface area (Å²) in [5.74, 6) is -0.961. The Hall–Kier alpha value is -0.460. The smallest absolute Gasteiger partial charge is 0.322 e. The molecule has 0 spiro atoms. The van der Waals surface area contributed by atoms with Gasteiger partial charge in [0.1, 0.15) is 6.54 Å². The Morgan fingerprint density at radius 1 is 1.78 bits per heavy atom. The third-order valence-electron chi connectivity index (χ3n) is 0.384. The molecule has 0 fully saturated rings. The van der Waals surface area contributed by atoms with Crippen molar-refractivity contribution < 1.29 is 9.90 Å². The van der Waals surface area contributed by atoms with E-state index in [1.807, 2.05) is 0 Å². The zero-order valence-corrected chi connectivity index (χ0v) is 6.51. The fourth-order valence-electron chi connectivity index (χ4n) is 0.148. The maximum absolute atomic E-state index is 9.74. The van der Waals surface area contributed by atoms with Crippen LogP contribution in [0, 0.1) is 0 Å². The van der Waals surface area contributed by atoms with Crippen LogP contribution in [0.15, 0.2) is 0 Å². The van der Waals surface area contributed by atoms with E-state index in [2.05, 4.69) is 30.2 Å². The maximum Gasteiger partial charge on any atom is 0.322 e. The molecule has 0 saturated heterocycles. The van der Waals surface area contributed by atoms with Gasteiger partial charge in [0, 0.05) is 0 Å². The van der Waals surface area contributed by atoms with E-state index >= 15 is 0 Å². The second-order valence-electron chi connectivity index (χ2n) is 1.03. The average Bonchev–Trinajstić information content (AvgIpc) is 1.61. The zero-order valence-electron chi connectivity index (χ0n) is 4.88. The molecule has 6 N–H and O–H groups in total. The molecule has 0 aliphatic heterocycles. The van der Waals surface area contributed by atoms with E-state index in [1.54, 1.807) is 0 Å². The summed E-state index contributed by atoms with van der Waals surface area (Å²) in [6.07, 6.45) is 0. The van der Waals surface area contributed by atoms with E-state index in [-0.39, 0.29) is 17.0 Å². The van der Waals surface area contributed by atoms with Crippen molar-refractivity contribution in [3.63, 3.8) is 0 Å². The number of rotatable bonds is 2. The van der Waals surface area contributed by atoms with Gasteiger partial charge in [0.15, 0.2) is 0 Å². The summed E-state index contributed by atoms with van der Waals surface area (Å²) in [4.78, 5) is 9.74. The van der Waals surface area contributed by atoms with Crippen molar-refractivity contribution in [2.24, 2.45) is 0 Å². The van der Waals surface area contributed by atoms with Crippen LogP contribution in [0.1, 0.15) is 0 Å². The van der Waals surface area contributed by atoms with Crippen LogP contribution in [0.25, 0.3) is 0 Å². The first kappa shape index (κ1) is 11.4. The Labute approximate surface area is 63.6 Å². The molecule has 0 bridgehead atoms. The van der Waals surface area contributed by atoms with Gasteiger partial charge in [-0.2, -0.15) is 0 Å². The van der Waals surface area contributed by atoms with Gasteiger partial charge in [0.25, 0.3) is 0 Å². The standard InChI is InChI=1S/C3H5NO2S2.H3N/c5-2(6)1-4-3(7)8;/h1H2,(H,5,6)(H2,4,7,8);1H3. The van der Waals surface area contributed by atoms with Crippen LogP contribution in [0.3, 0.4) is 0 Å². The SMILES string of the molecule is O=C(O)CNC(=S)[S-].[NH4+]. The third-order valence-corrected chi connectivity index (χ3v) is 0.673. The highest BCUT2D eigenvalue weighted by atomic mass is 32.1. The molecule has 0 amide bonds. The van der Waals surface area contributed by atoms with Crippen molar-refractivity contribution in [3.05, 3.63) is 0 Å². The van der Waals surface area contributed by atoms with Gasteiger partial charge in [-0.05, 0) is 0 Å². The number of aliphatic carboxylic acids is 1. The summed E-state index contributed by atoms with van der Waals surface area (Å²) in [6.45, 7) is -0.192. The predicted octanol–water partition coefficient (Wildman–Crippen LogP) is -0.131. The maximum atomic E-state index is 9.74. The van der Waals surface area contributed by atoms with Gasteiger partial charge in [-0.15, -0.1) is 0 Å². The lowest BCUT2D eigenvalue weighted by Gasteiger charge is -2.04. The van der Waals surface area contributed by atoms with Crippen LogP contribution >= 0.6 is 12.2 Å². The molecule has 0 aromatic heterocycles. The monoisotopic (exact) mass is 168 g/mol. The molecule has 0 unspecified atom stereocenters. The summed E-state index contributed by atoms with van der Waals surface area (Å²) in [5, 5.41) is 10.3. The Kier molecular flexibility index (Phi) is 7.15. The molecule has 0 aliphatic rings.